The molecule has 0 unspecified atom stereocenters. The lowest BCUT2D eigenvalue weighted by molar-refractivity contribution is 0.184. The second-order valence-corrected chi connectivity index (χ2v) is 8.77. The van der Waals surface area contributed by atoms with Crippen molar-refractivity contribution in [3.63, 3.8) is 0 Å². The van der Waals surface area contributed by atoms with Gasteiger partial charge in [0.2, 0.25) is 0 Å². The van der Waals surface area contributed by atoms with Crippen molar-refractivity contribution in [2.24, 2.45) is 0 Å². The fourth-order valence-corrected chi connectivity index (χ4v) is 4.46. The molecule has 10 nitrogen and oxygen atoms in total. The van der Waals surface area contributed by atoms with E-state index in [1.54, 1.807) is 23.5 Å². The van der Waals surface area contributed by atoms with E-state index >= 15 is 0 Å². The third-order valence-corrected chi connectivity index (χ3v) is 6.39. The minimum absolute atomic E-state index is 0.109. The van der Waals surface area contributed by atoms with Gasteiger partial charge in [-0.05, 0) is 50.3 Å². The van der Waals surface area contributed by atoms with E-state index in [0.29, 0.717) is 31.5 Å². The van der Waals surface area contributed by atoms with Crippen LogP contribution in [0.3, 0.4) is 0 Å². The van der Waals surface area contributed by atoms with Gasteiger partial charge in [0.1, 0.15) is 5.82 Å². The summed E-state index contributed by atoms with van der Waals surface area (Å²) >= 11 is 0. The van der Waals surface area contributed by atoms with Crippen LogP contribution in [-0.2, 0) is 0 Å². The predicted molar refractivity (Wildman–Crippen MR) is 135 cm³/mol. The maximum absolute atomic E-state index is 13.5. The second-order valence-electron chi connectivity index (χ2n) is 8.77. The van der Waals surface area contributed by atoms with Crippen molar-refractivity contribution in [3.8, 4) is 17.1 Å². The number of benzene rings is 1. The Morgan fingerprint density at radius 2 is 1.64 bits per heavy atom. The van der Waals surface area contributed by atoms with Crippen molar-refractivity contribution in [3.05, 3.63) is 66.6 Å². The first-order valence-corrected chi connectivity index (χ1v) is 11.9. The van der Waals surface area contributed by atoms with Gasteiger partial charge in [-0.15, -0.1) is 0 Å². The highest BCUT2D eigenvalue weighted by atomic mass is 16.5. The molecule has 3 amide bonds. The highest BCUT2D eigenvalue weighted by Crippen LogP contribution is 2.29. The number of aromatic nitrogens is 3. The largest absolute Gasteiger partial charge is 0.467 e. The molecule has 36 heavy (non-hydrogen) atoms. The van der Waals surface area contributed by atoms with Crippen LogP contribution in [0.5, 0.6) is 6.01 Å². The zero-order chi connectivity index (χ0) is 25.5. The molecule has 0 spiro atoms. The minimum Gasteiger partial charge on any atom is -0.467 e. The van der Waals surface area contributed by atoms with Crippen LogP contribution in [0.25, 0.3) is 11.1 Å². The Hall–Kier alpha value is -4.21. The average Bonchev–Trinajstić information content (AvgIpc) is 2.90. The van der Waals surface area contributed by atoms with Crippen molar-refractivity contribution < 1.29 is 19.4 Å². The van der Waals surface area contributed by atoms with Gasteiger partial charge in [-0.3, -0.25) is 4.90 Å². The first-order chi connectivity index (χ1) is 17.4. The van der Waals surface area contributed by atoms with E-state index in [1.807, 2.05) is 49.4 Å². The van der Waals surface area contributed by atoms with Crippen LogP contribution in [0.15, 0.2) is 61.1 Å². The fourth-order valence-electron chi connectivity index (χ4n) is 4.46. The Balaban J connectivity index is 1.55. The van der Waals surface area contributed by atoms with E-state index in [2.05, 4.69) is 25.6 Å². The molecule has 2 aromatic heterocycles. The normalized spacial score (nSPS) is 18.1. The molecule has 1 atom stereocenters. The van der Waals surface area contributed by atoms with Gasteiger partial charge in [-0.1, -0.05) is 30.3 Å². The lowest BCUT2D eigenvalue weighted by Gasteiger charge is -2.36. The maximum Gasteiger partial charge on any atom is 0.404 e. The zero-order valence-corrected chi connectivity index (χ0v) is 20.3. The summed E-state index contributed by atoms with van der Waals surface area (Å²) in [5.41, 5.74) is 2.60. The van der Waals surface area contributed by atoms with E-state index in [1.165, 1.54) is 7.11 Å². The SMILES string of the molecule is COc1ncc(-c2ccc(N(C(=O)N[C@H](C)c3ccccc3)C3CCC(NC(=O)O)CC3)nc2)cn1. The van der Waals surface area contributed by atoms with Crippen LogP contribution < -0.4 is 20.3 Å². The molecule has 1 aliphatic carbocycles. The Kier molecular flexibility index (Phi) is 7.94. The molecule has 3 N–H and O–H groups in total. The number of carbonyl (C=O) groups excluding carboxylic acids is 1. The molecule has 3 aromatic rings. The Morgan fingerprint density at radius 1 is 0.972 bits per heavy atom. The van der Waals surface area contributed by atoms with E-state index in [4.69, 9.17) is 9.84 Å². The van der Waals surface area contributed by atoms with Crippen molar-refractivity contribution in [2.45, 2.75) is 50.7 Å². The summed E-state index contributed by atoms with van der Waals surface area (Å²) in [6, 6.07) is 13.1. The van der Waals surface area contributed by atoms with Gasteiger partial charge in [0.25, 0.3) is 0 Å². The third kappa shape index (κ3) is 6.07. The summed E-state index contributed by atoms with van der Waals surface area (Å²) in [5, 5.41) is 14.7. The number of urea groups is 1. The zero-order valence-electron chi connectivity index (χ0n) is 20.3. The summed E-state index contributed by atoms with van der Waals surface area (Å²) in [7, 11) is 1.51. The van der Waals surface area contributed by atoms with Crippen LogP contribution in [0.2, 0.25) is 0 Å². The van der Waals surface area contributed by atoms with Crippen LogP contribution in [0.4, 0.5) is 15.4 Å². The van der Waals surface area contributed by atoms with E-state index < -0.39 is 6.09 Å². The summed E-state index contributed by atoms with van der Waals surface area (Å²) in [5.74, 6) is 0.528. The fraction of sp³-hybridized carbons (Fsp3) is 0.346. The molecule has 0 saturated heterocycles. The number of pyridine rings is 1. The standard InChI is InChI=1S/C26H30N6O4/c1-17(18-6-4-3-5-7-18)30-25(33)32(22-11-9-21(10-12-22)31-26(34)35)23-13-8-19(14-27-23)20-15-28-24(36-2)29-16-20/h3-8,13-17,21-22,31H,9-12H2,1-2H3,(H,30,33)(H,34,35)/t17-,21?,22?/m1/s1. The lowest BCUT2D eigenvalue weighted by Crippen LogP contribution is -2.50. The minimum atomic E-state index is -1.02. The number of ether oxygens (including phenoxy) is 1. The van der Waals surface area contributed by atoms with Crippen LogP contribution >= 0.6 is 0 Å². The summed E-state index contributed by atoms with van der Waals surface area (Å²) in [6.45, 7) is 1.94. The molecule has 1 aliphatic rings. The molecule has 1 aromatic carbocycles. The van der Waals surface area contributed by atoms with Crippen LogP contribution in [0, 0.1) is 0 Å². The van der Waals surface area contributed by atoms with Gasteiger partial charge < -0.3 is 20.5 Å². The maximum atomic E-state index is 13.5. The van der Waals surface area contributed by atoms with Gasteiger partial charge in [0.05, 0.1) is 13.2 Å². The van der Waals surface area contributed by atoms with Gasteiger partial charge in [0, 0.05) is 41.8 Å². The van der Waals surface area contributed by atoms with Gasteiger partial charge in [0.15, 0.2) is 0 Å². The number of amides is 3. The smallest absolute Gasteiger partial charge is 0.404 e. The molecule has 0 bridgehead atoms. The van der Waals surface area contributed by atoms with E-state index in [0.717, 1.165) is 16.7 Å². The number of rotatable bonds is 7. The van der Waals surface area contributed by atoms with Crippen molar-refractivity contribution >= 4 is 17.9 Å². The number of hydrogen-bond acceptors (Lipinski definition) is 6. The second kappa shape index (κ2) is 11.5. The van der Waals surface area contributed by atoms with Gasteiger partial charge in [-0.2, -0.15) is 0 Å². The number of carboxylic acid groups (broad SMARTS) is 1. The Bertz CT molecular complexity index is 1150. The number of carbonyl (C=O) groups is 2. The summed E-state index contributed by atoms with van der Waals surface area (Å²) in [6.07, 6.45) is 6.61. The van der Waals surface area contributed by atoms with Gasteiger partial charge >= 0.3 is 18.1 Å². The van der Waals surface area contributed by atoms with E-state index in [-0.39, 0.29) is 30.2 Å². The molecule has 10 heteroatoms. The first kappa shape index (κ1) is 24.9. The Labute approximate surface area is 209 Å². The average molecular weight is 491 g/mol. The molecule has 2 heterocycles. The molecule has 188 valence electrons. The predicted octanol–water partition coefficient (Wildman–Crippen LogP) is 4.40. The van der Waals surface area contributed by atoms with Crippen LogP contribution in [0.1, 0.15) is 44.2 Å². The van der Waals surface area contributed by atoms with Crippen molar-refractivity contribution in [1.82, 2.24) is 25.6 Å². The number of nitrogens with zero attached hydrogens (tertiary/aromatic N) is 4. The number of methoxy groups -OCH3 is 1. The molecular formula is C26H30N6O4. The number of anilines is 1. The topological polar surface area (TPSA) is 130 Å². The van der Waals surface area contributed by atoms with E-state index in [9.17, 15) is 9.59 Å². The third-order valence-electron chi connectivity index (χ3n) is 6.39. The lowest BCUT2D eigenvalue weighted by atomic mass is 9.90. The quantitative estimate of drug-likeness (QED) is 0.447. The van der Waals surface area contributed by atoms with Gasteiger partial charge in [-0.25, -0.2) is 24.5 Å². The molecular weight excluding hydrogens is 460 g/mol. The highest BCUT2D eigenvalue weighted by molar-refractivity contribution is 5.92. The van der Waals surface area contributed by atoms with Crippen molar-refractivity contribution in [1.29, 1.82) is 0 Å². The Morgan fingerprint density at radius 3 is 2.22 bits per heavy atom. The number of nitrogens with one attached hydrogen (secondary N) is 2. The highest BCUT2D eigenvalue weighted by Gasteiger charge is 2.32. The molecule has 0 aliphatic heterocycles. The molecule has 0 radical (unpaired) electrons. The first-order valence-electron chi connectivity index (χ1n) is 11.9. The monoisotopic (exact) mass is 490 g/mol. The molecule has 4 rings (SSSR count). The summed E-state index contributed by atoms with van der Waals surface area (Å²) < 4.78 is 5.02. The molecule has 1 saturated carbocycles. The summed E-state index contributed by atoms with van der Waals surface area (Å²) in [4.78, 5) is 39.2. The van der Waals surface area contributed by atoms with Crippen LogP contribution in [-0.4, -0.2) is 51.4 Å². The number of hydrogen-bond donors (Lipinski definition) is 3. The molecule has 1 fully saturated rings. The van der Waals surface area contributed by atoms with Crippen molar-refractivity contribution in [2.75, 3.05) is 12.0 Å².